The van der Waals surface area contributed by atoms with E-state index < -0.39 is 5.78 Å². The fraction of sp³-hybridized carbons (Fsp3) is 0.133. The zero-order valence-electron chi connectivity index (χ0n) is 11.3. The largest absolute Gasteiger partial charge is 0.507 e. The molecule has 0 aliphatic rings. The lowest BCUT2D eigenvalue weighted by molar-refractivity contribution is 0.103. The number of nitrogens with two attached hydrogens (primary N) is 1. The highest BCUT2D eigenvalue weighted by atomic mass is 16.3. The van der Waals surface area contributed by atoms with Gasteiger partial charge in [-0.25, -0.2) is 0 Å². The Kier molecular flexibility index (Phi) is 3.52. The number of phenolic OH excluding ortho intramolecular Hbond substituents is 2. The van der Waals surface area contributed by atoms with E-state index in [0.717, 1.165) is 5.69 Å². The van der Waals surface area contributed by atoms with Crippen LogP contribution in [0.2, 0.25) is 0 Å². The minimum atomic E-state index is -0.453. The van der Waals surface area contributed by atoms with Crippen molar-refractivity contribution in [3.8, 4) is 11.5 Å². The van der Waals surface area contributed by atoms with Gasteiger partial charge in [-0.05, 0) is 24.3 Å². The Balaban J connectivity index is 2.43. The van der Waals surface area contributed by atoms with E-state index in [1.165, 1.54) is 30.3 Å². The highest BCUT2D eigenvalue weighted by Gasteiger charge is 2.17. The van der Waals surface area contributed by atoms with Gasteiger partial charge in [-0.15, -0.1) is 0 Å². The molecule has 5 nitrogen and oxygen atoms in total. The summed E-state index contributed by atoms with van der Waals surface area (Å²) in [4.78, 5) is 14.1. The lowest BCUT2D eigenvalue weighted by Crippen LogP contribution is -2.09. The Labute approximate surface area is 116 Å². The van der Waals surface area contributed by atoms with Crippen LogP contribution in [-0.4, -0.2) is 30.1 Å². The second-order valence-electron chi connectivity index (χ2n) is 4.70. The number of carbonyl (C=O) groups excluding carboxylic acids is 1. The lowest BCUT2D eigenvalue weighted by atomic mass is 10.0. The van der Waals surface area contributed by atoms with Crippen molar-refractivity contribution in [3.05, 3.63) is 47.5 Å². The molecule has 0 fully saturated rings. The van der Waals surface area contributed by atoms with Gasteiger partial charge < -0.3 is 20.8 Å². The van der Waals surface area contributed by atoms with Crippen molar-refractivity contribution in [1.29, 1.82) is 0 Å². The fourth-order valence-corrected chi connectivity index (χ4v) is 1.88. The minimum absolute atomic E-state index is 0.104. The van der Waals surface area contributed by atoms with E-state index in [2.05, 4.69) is 0 Å². The monoisotopic (exact) mass is 272 g/mol. The van der Waals surface area contributed by atoms with Gasteiger partial charge in [0, 0.05) is 37.6 Å². The highest BCUT2D eigenvalue weighted by Crippen LogP contribution is 2.29. The molecule has 0 aromatic heterocycles. The van der Waals surface area contributed by atoms with Crippen molar-refractivity contribution >= 4 is 17.2 Å². The molecule has 20 heavy (non-hydrogen) atoms. The summed E-state index contributed by atoms with van der Waals surface area (Å²) in [6.07, 6.45) is 0. The van der Waals surface area contributed by atoms with Gasteiger partial charge in [0.1, 0.15) is 11.5 Å². The van der Waals surface area contributed by atoms with E-state index in [4.69, 9.17) is 5.73 Å². The molecule has 104 valence electrons. The molecule has 0 saturated carbocycles. The van der Waals surface area contributed by atoms with Gasteiger partial charge in [-0.2, -0.15) is 0 Å². The molecule has 0 bridgehead atoms. The van der Waals surface area contributed by atoms with Gasteiger partial charge in [0.2, 0.25) is 0 Å². The van der Waals surface area contributed by atoms with E-state index in [1.807, 2.05) is 19.0 Å². The first kappa shape index (κ1) is 13.7. The lowest BCUT2D eigenvalue weighted by Gasteiger charge is -2.14. The van der Waals surface area contributed by atoms with Crippen molar-refractivity contribution in [2.75, 3.05) is 24.7 Å². The van der Waals surface area contributed by atoms with Crippen LogP contribution in [0.4, 0.5) is 11.4 Å². The van der Waals surface area contributed by atoms with Crippen LogP contribution in [0.3, 0.4) is 0 Å². The van der Waals surface area contributed by atoms with E-state index in [1.54, 1.807) is 6.07 Å². The third-order valence-electron chi connectivity index (χ3n) is 3.01. The van der Waals surface area contributed by atoms with Crippen LogP contribution in [-0.2, 0) is 0 Å². The van der Waals surface area contributed by atoms with Crippen molar-refractivity contribution in [2.45, 2.75) is 0 Å². The maximum absolute atomic E-state index is 12.3. The summed E-state index contributed by atoms with van der Waals surface area (Å²) in [6, 6.07) is 9.02. The van der Waals surface area contributed by atoms with Crippen LogP contribution in [0.5, 0.6) is 11.5 Å². The summed E-state index contributed by atoms with van der Waals surface area (Å²) in [5.74, 6) is -0.784. The molecule has 5 heteroatoms. The van der Waals surface area contributed by atoms with E-state index in [-0.39, 0.29) is 22.6 Å². The molecular formula is C15H16N2O3. The first-order valence-electron chi connectivity index (χ1n) is 6.03. The number of nitrogen functional groups attached to an aromatic ring is 1. The normalized spacial score (nSPS) is 10.3. The number of rotatable bonds is 3. The van der Waals surface area contributed by atoms with Crippen LogP contribution in [0.1, 0.15) is 15.9 Å². The average molecular weight is 272 g/mol. The highest BCUT2D eigenvalue weighted by molar-refractivity contribution is 6.12. The number of hydrogen-bond acceptors (Lipinski definition) is 5. The molecule has 0 atom stereocenters. The number of carbonyl (C=O) groups is 1. The summed E-state index contributed by atoms with van der Waals surface area (Å²) in [6.45, 7) is 0. The molecule has 0 heterocycles. The van der Waals surface area contributed by atoms with Gasteiger partial charge in [-0.1, -0.05) is 0 Å². The summed E-state index contributed by atoms with van der Waals surface area (Å²) >= 11 is 0. The third-order valence-corrected chi connectivity index (χ3v) is 3.01. The van der Waals surface area contributed by atoms with Crippen LogP contribution in [0.15, 0.2) is 36.4 Å². The third kappa shape index (κ3) is 2.51. The molecule has 0 saturated heterocycles. The van der Waals surface area contributed by atoms with Gasteiger partial charge in [0.15, 0.2) is 5.78 Å². The molecule has 4 N–H and O–H groups in total. The van der Waals surface area contributed by atoms with Crippen molar-refractivity contribution < 1.29 is 15.0 Å². The quantitative estimate of drug-likeness (QED) is 0.587. The standard InChI is InChI=1S/C15H16N2O3/c1-17(2)10-4-6-12(14(19)8-10)15(20)11-5-3-9(16)7-13(11)18/h3-8,18-19H,16H2,1-2H3. The average Bonchev–Trinajstić information content (AvgIpc) is 2.37. The van der Waals surface area contributed by atoms with Crippen LogP contribution >= 0.6 is 0 Å². The van der Waals surface area contributed by atoms with Crippen LogP contribution in [0.25, 0.3) is 0 Å². The van der Waals surface area contributed by atoms with Crippen molar-refractivity contribution in [2.24, 2.45) is 0 Å². The number of hydrogen-bond donors (Lipinski definition) is 3. The Morgan fingerprint density at radius 3 is 2.05 bits per heavy atom. The van der Waals surface area contributed by atoms with Gasteiger partial charge in [-0.3, -0.25) is 4.79 Å². The maximum Gasteiger partial charge on any atom is 0.200 e. The molecule has 0 aliphatic heterocycles. The van der Waals surface area contributed by atoms with Crippen LogP contribution in [0, 0.1) is 0 Å². The molecule has 0 amide bonds. The number of anilines is 2. The van der Waals surface area contributed by atoms with Crippen molar-refractivity contribution in [1.82, 2.24) is 0 Å². The number of aromatic hydroxyl groups is 2. The molecule has 2 aromatic rings. The number of nitrogens with zero attached hydrogens (tertiary/aromatic N) is 1. The second-order valence-corrected chi connectivity index (χ2v) is 4.70. The topological polar surface area (TPSA) is 86.8 Å². The Hall–Kier alpha value is -2.69. The first-order chi connectivity index (χ1) is 9.40. The molecule has 2 rings (SSSR count). The number of benzene rings is 2. The summed E-state index contributed by atoms with van der Waals surface area (Å²) < 4.78 is 0. The van der Waals surface area contributed by atoms with Crippen LogP contribution < -0.4 is 10.6 Å². The fourth-order valence-electron chi connectivity index (χ4n) is 1.88. The molecule has 0 radical (unpaired) electrons. The van der Waals surface area contributed by atoms with Gasteiger partial charge in [0.05, 0.1) is 11.1 Å². The summed E-state index contributed by atoms with van der Waals surface area (Å²) in [7, 11) is 3.67. The predicted octanol–water partition coefficient (Wildman–Crippen LogP) is 1.98. The zero-order chi connectivity index (χ0) is 14.9. The minimum Gasteiger partial charge on any atom is -0.507 e. The van der Waals surface area contributed by atoms with E-state index in [0.29, 0.717) is 5.69 Å². The zero-order valence-corrected chi connectivity index (χ0v) is 11.3. The maximum atomic E-state index is 12.3. The summed E-state index contributed by atoms with van der Waals surface area (Å²) in [5, 5.41) is 19.7. The van der Waals surface area contributed by atoms with E-state index in [9.17, 15) is 15.0 Å². The van der Waals surface area contributed by atoms with Gasteiger partial charge >= 0.3 is 0 Å². The van der Waals surface area contributed by atoms with Crippen molar-refractivity contribution in [3.63, 3.8) is 0 Å². The number of phenols is 2. The Morgan fingerprint density at radius 2 is 1.55 bits per heavy atom. The molecule has 2 aromatic carbocycles. The summed E-state index contributed by atoms with van der Waals surface area (Å²) in [5.41, 5.74) is 6.91. The molecule has 0 aliphatic carbocycles. The second kappa shape index (κ2) is 5.13. The van der Waals surface area contributed by atoms with Gasteiger partial charge in [0.25, 0.3) is 0 Å². The SMILES string of the molecule is CN(C)c1ccc(C(=O)c2ccc(N)cc2O)c(O)c1. The number of ketones is 1. The Bertz CT molecular complexity index is 666. The molecule has 0 spiro atoms. The predicted molar refractivity (Wildman–Crippen MR) is 78.4 cm³/mol. The van der Waals surface area contributed by atoms with E-state index >= 15 is 0 Å². The smallest absolute Gasteiger partial charge is 0.200 e. The Morgan fingerprint density at radius 1 is 1.00 bits per heavy atom. The molecular weight excluding hydrogens is 256 g/mol. The molecule has 0 unspecified atom stereocenters. The first-order valence-corrected chi connectivity index (χ1v) is 6.03.